The summed E-state index contributed by atoms with van der Waals surface area (Å²) in [7, 11) is 0. The summed E-state index contributed by atoms with van der Waals surface area (Å²) in [5.74, 6) is -6.01. The Labute approximate surface area is 287 Å². The minimum absolute atomic E-state index is 0.0862. The Morgan fingerprint density at radius 3 is 2.33 bits per heavy atom. The third-order valence-corrected chi connectivity index (χ3v) is 7.27. The van der Waals surface area contributed by atoms with Gasteiger partial charge in [-0.1, -0.05) is 64.7 Å². The molecule has 260 valence electrons. The Bertz CT molecular complexity index is 1590. The lowest BCUT2D eigenvalue weighted by Gasteiger charge is -2.22. The molecule has 0 unspecified atom stereocenters. The summed E-state index contributed by atoms with van der Waals surface area (Å²) in [6, 6.07) is 2.60. The lowest BCUT2D eigenvalue weighted by molar-refractivity contribution is -0.143. The van der Waals surface area contributed by atoms with E-state index in [2.05, 4.69) is 26.3 Å². The molecule has 2 heterocycles. The van der Waals surface area contributed by atoms with E-state index in [0.717, 1.165) is 10.9 Å². The summed E-state index contributed by atoms with van der Waals surface area (Å²) in [4.78, 5) is 79.1. The number of nitrogens with two attached hydrogens (primary N) is 1. The molecule has 1 aliphatic heterocycles. The van der Waals surface area contributed by atoms with Gasteiger partial charge in [0.05, 0.1) is 13.0 Å². The van der Waals surface area contributed by atoms with Crippen molar-refractivity contribution in [1.82, 2.24) is 31.2 Å². The number of hydrogen-bond donors (Lipinski definition) is 9. The molecule has 0 saturated carbocycles. The van der Waals surface area contributed by atoms with Gasteiger partial charge >= 0.3 is 18.0 Å². The molecule has 0 bridgehead atoms. The number of rotatable bonds is 15. The van der Waals surface area contributed by atoms with Crippen LogP contribution in [-0.4, -0.2) is 110 Å². The van der Waals surface area contributed by atoms with Crippen molar-refractivity contribution in [3.8, 4) is 0 Å². The predicted molar refractivity (Wildman–Crippen MR) is 174 cm³/mol. The van der Waals surface area contributed by atoms with Gasteiger partial charge < -0.3 is 51.8 Å². The molecular formula is C28H33Cl3N8O9. The molecule has 0 radical (unpaired) electrons. The van der Waals surface area contributed by atoms with Crippen molar-refractivity contribution >= 4 is 87.4 Å². The van der Waals surface area contributed by atoms with Gasteiger partial charge in [-0.2, -0.15) is 0 Å². The molecule has 0 spiro atoms. The maximum absolute atomic E-state index is 13.1. The van der Waals surface area contributed by atoms with Crippen LogP contribution in [0.4, 0.5) is 4.79 Å². The zero-order chi connectivity index (χ0) is 35.6. The average Bonchev–Trinajstić information content (AvgIpc) is 3.64. The van der Waals surface area contributed by atoms with E-state index < -0.39 is 77.2 Å². The number of nitrogens with one attached hydrogen (secondary N) is 6. The Kier molecular flexibility index (Phi) is 13.3. The van der Waals surface area contributed by atoms with E-state index in [4.69, 9.17) is 50.7 Å². The number of H-pyrrole nitrogens is 1. The van der Waals surface area contributed by atoms with Crippen LogP contribution in [0.5, 0.6) is 0 Å². The van der Waals surface area contributed by atoms with Crippen molar-refractivity contribution in [2.45, 2.75) is 41.2 Å². The van der Waals surface area contributed by atoms with E-state index in [0.29, 0.717) is 11.1 Å². The Balaban J connectivity index is 1.64. The first-order valence-corrected chi connectivity index (χ1v) is 15.3. The second-order valence-corrected chi connectivity index (χ2v) is 13.1. The molecular weight excluding hydrogens is 699 g/mol. The minimum atomic E-state index is -1.93. The van der Waals surface area contributed by atoms with Gasteiger partial charge in [0.15, 0.2) is 5.96 Å². The zero-order valence-corrected chi connectivity index (χ0v) is 27.3. The van der Waals surface area contributed by atoms with Crippen molar-refractivity contribution < 1.29 is 43.7 Å². The monoisotopic (exact) mass is 730 g/mol. The summed E-state index contributed by atoms with van der Waals surface area (Å²) in [5.41, 5.74) is 7.46. The number of aromatic nitrogens is 1. The minimum Gasteiger partial charge on any atom is -0.481 e. The van der Waals surface area contributed by atoms with E-state index in [-0.39, 0.29) is 31.9 Å². The number of nitrogens with zero attached hydrogens (tertiary/aromatic N) is 1. The fourth-order valence-electron chi connectivity index (χ4n) is 4.66. The number of fused-ring (bicyclic) bond motifs is 1. The molecule has 0 fully saturated rings. The second-order valence-electron chi connectivity index (χ2n) is 10.6. The summed E-state index contributed by atoms with van der Waals surface area (Å²) in [6.45, 7) is -0.927. The van der Waals surface area contributed by atoms with Gasteiger partial charge in [-0.3, -0.25) is 24.6 Å². The van der Waals surface area contributed by atoms with E-state index in [1.807, 2.05) is 0 Å². The molecule has 0 saturated heterocycles. The number of carboxylic acids is 2. The number of aliphatic carboxylic acids is 2. The highest BCUT2D eigenvalue weighted by molar-refractivity contribution is 6.67. The number of alkyl halides is 3. The van der Waals surface area contributed by atoms with Gasteiger partial charge in [0.2, 0.25) is 21.5 Å². The SMILES string of the molecule is N=C(N)N1CC=C(C[C@H](NC(=O)OCC(Cl)(Cl)Cl)C(=O)NCC(=O)N[C@@H](CC(=O)O)C(=O)N[C@@H](Cc2c[nH]c3ccccc23)C(=O)O)C1. The molecule has 1 aromatic heterocycles. The number of carbonyl (C=O) groups excluding carboxylic acids is 4. The molecule has 1 aliphatic rings. The molecule has 0 aliphatic carbocycles. The first-order chi connectivity index (χ1) is 22.5. The summed E-state index contributed by atoms with van der Waals surface area (Å²) < 4.78 is 2.89. The smallest absolute Gasteiger partial charge is 0.407 e. The van der Waals surface area contributed by atoms with Crippen molar-refractivity contribution in [2.24, 2.45) is 5.73 Å². The largest absolute Gasteiger partial charge is 0.481 e. The Morgan fingerprint density at radius 1 is 1.00 bits per heavy atom. The van der Waals surface area contributed by atoms with Crippen LogP contribution in [0.15, 0.2) is 42.1 Å². The van der Waals surface area contributed by atoms with Crippen molar-refractivity contribution in [1.29, 1.82) is 5.41 Å². The number of aromatic amines is 1. The van der Waals surface area contributed by atoms with Gasteiger partial charge in [0, 0.05) is 36.6 Å². The number of hydrogen-bond acceptors (Lipinski definition) is 8. The van der Waals surface area contributed by atoms with Crippen LogP contribution in [0.3, 0.4) is 0 Å². The number of carboxylic acid groups (broad SMARTS) is 2. The fraction of sp³-hybridized carbons (Fsp3) is 0.393. The normalized spacial score (nSPS) is 14.6. The van der Waals surface area contributed by atoms with E-state index in [1.54, 1.807) is 36.5 Å². The zero-order valence-electron chi connectivity index (χ0n) is 25.1. The summed E-state index contributed by atoms with van der Waals surface area (Å²) >= 11 is 16.8. The topological polar surface area (TPSA) is 269 Å². The lowest BCUT2D eigenvalue weighted by atomic mass is 10.0. The maximum atomic E-state index is 13.1. The van der Waals surface area contributed by atoms with Crippen LogP contribution in [0.2, 0.25) is 0 Å². The molecule has 48 heavy (non-hydrogen) atoms. The number of ether oxygens (including phenoxy) is 1. The van der Waals surface area contributed by atoms with E-state index >= 15 is 0 Å². The number of para-hydroxylation sites is 1. The third kappa shape index (κ3) is 11.8. The van der Waals surface area contributed by atoms with Crippen molar-refractivity contribution in [2.75, 3.05) is 26.2 Å². The van der Waals surface area contributed by atoms with Crippen molar-refractivity contribution in [3.05, 3.63) is 47.7 Å². The standard InChI is InChI=1S/C28H33Cl3N8O9/c29-28(30,31)13-48-27(47)38-18(7-14-5-6-39(12-14)26(32)33)23(43)35-11-21(40)36-19(9-22(41)42)24(44)37-20(25(45)46)8-15-10-34-17-4-2-1-3-16(15)17/h1-5,10,18-20,34H,6-9,11-13H2,(H3,32,33)(H,35,43)(H,36,40)(H,37,44)(H,38,47)(H,41,42)(H,45,46)/t18-,19-,20-/m0/s1. The van der Waals surface area contributed by atoms with Crippen LogP contribution in [-0.2, 0) is 35.1 Å². The number of carbonyl (C=O) groups is 6. The number of halogens is 3. The van der Waals surface area contributed by atoms with E-state index in [9.17, 15) is 39.0 Å². The van der Waals surface area contributed by atoms with Gasteiger partial charge in [-0.05, 0) is 18.1 Å². The summed E-state index contributed by atoms with van der Waals surface area (Å²) in [5, 5.41) is 36.5. The molecule has 3 atom stereocenters. The molecule has 17 nitrogen and oxygen atoms in total. The highest BCUT2D eigenvalue weighted by Crippen LogP contribution is 2.26. The Hall–Kier alpha value is -4.74. The quantitative estimate of drug-likeness (QED) is 0.0522. The van der Waals surface area contributed by atoms with Crippen molar-refractivity contribution in [3.63, 3.8) is 0 Å². The van der Waals surface area contributed by atoms with Gasteiger partial charge in [0.1, 0.15) is 24.7 Å². The van der Waals surface area contributed by atoms with Crippen LogP contribution >= 0.6 is 34.8 Å². The molecule has 2 aromatic rings. The molecule has 20 heteroatoms. The number of alkyl carbamates (subject to hydrolysis) is 1. The first kappa shape index (κ1) is 37.7. The first-order valence-electron chi connectivity index (χ1n) is 14.2. The fourth-order valence-corrected chi connectivity index (χ4v) is 4.82. The third-order valence-electron chi connectivity index (χ3n) is 6.94. The van der Waals surface area contributed by atoms with Crippen LogP contribution < -0.4 is 27.0 Å². The average molecular weight is 732 g/mol. The molecule has 4 amide bonds. The van der Waals surface area contributed by atoms with Crippen LogP contribution in [0.25, 0.3) is 10.9 Å². The molecule has 1 aromatic carbocycles. The summed E-state index contributed by atoms with van der Waals surface area (Å²) in [6.07, 6.45) is 1.04. The van der Waals surface area contributed by atoms with Gasteiger partial charge in [-0.15, -0.1) is 0 Å². The molecule has 3 rings (SSSR count). The highest BCUT2D eigenvalue weighted by atomic mass is 35.6. The Morgan fingerprint density at radius 2 is 1.71 bits per heavy atom. The second kappa shape index (κ2) is 16.9. The molecule has 10 N–H and O–H groups in total. The van der Waals surface area contributed by atoms with Crippen LogP contribution in [0, 0.1) is 5.41 Å². The van der Waals surface area contributed by atoms with E-state index in [1.165, 1.54) is 4.90 Å². The number of amides is 4. The van der Waals surface area contributed by atoms with Gasteiger partial charge in [0.25, 0.3) is 0 Å². The van der Waals surface area contributed by atoms with Gasteiger partial charge in [-0.25, -0.2) is 9.59 Å². The maximum Gasteiger partial charge on any atom is 0.407 e. The lowest BCUT2D eigenvalue weighted by Crippen LogP contribution is -2.55. The number of guanidine groups is 1. The number of benzene rings is 1. The highest BCUT2D eigenvalue weighted by Gasteiger charge is 2.31. The van der Waals surface area contributed by atoms with Crippen LogP contribution in [0.1, 0.15) is 18.4 Å². The predicted octanol–water partition coefficient (Wildman–Crippen LogP) is 0.346.